The standard InChI is InChI=1S/C11H12ClN3O3S2/c12-9-3-7(5-19-9)6-20(17,18)11-14-13-10(4-16)15(11)8-1-2-8/h3,5,8,16H,1-2,4,6H2. The van der Waals surface area contributed by atoms with Gasteiger partial charge in [-0.1, -0.05) is 11.6 Å². The third kappa shape index (κ3) is 2.60. The second-order valence-corrected chi connectivity index (χ2v) is 8.10. The van der Waals surface area contributed by atoms with E-state index < -0.39 is 9.84 Å². The summed E-state index contributed by atoms with van der Waals surface area (Å²) in [5.74, 6) is 0.140. The fourth-order valence-electron chi connectivity index (χ4n) is 2.03. The fraction of sp³-hybridized carbons (Fsp3) is 0.455. The molecular formula is C11H12ClN3O3S2. The minimum absolute atomic E-state index is 0.0635. The molecule has 1 N–H and O–H groups in total. The number of nitrogens with zero attached hydrogens (tertiary/aromatic N) is 3. The summed E-state index contributed by atoms with van der Waals surface area (Å²) in [6.07, 6.45) is 1.77. The Balaban J connectivity index is 1.97. The smallest absolute Gasteiger partial charge is 0.250 e. The summed E-state index contributed by atoms with van der Waals surface area (Å²) < 4.78 is 27.0. The maximum Gasteiger partial charge on any atom is 0.250 e. The summed E-state index contributed by atoms with van der Waals surface area (Å²) >= 11 is 7.10. The number of aromatic nitrogens is 3. The number of hydrogen-bond acceptors (Lipinski definition) is 6. The molecule has 0 atom stereocenters. The summed E-state index contributed by atoms with van der Waals surface area (Å²) in [7, 11) is -3.60. The predicted octanol–water partition coefficient (Wildman–Crippen LogP) is 1.79. The van der Waals surface area contributed by atoms with E-state index in [0.29, 0.717) is 15.7 Å². The van der Waals surface area contributed by atoms with Crippen molar-refractivity contribution in [2.45, 2.75) is 36.4 Å². The molecule has 0 spiro atoms. The Kier molecular flexibility index (Phi) is 3.57. The number of rotatable bonds is 5. The van der Waals surface area contributed by atoms with Crippen LogP contribution in [0.1, 0.15) is 30.3 Å². The number of halogens is 1. The van der Waals surface area contributed by atoms with Crippen LogP contribution in [-0.4, -0.2) is 28.3 Å². The van der Waals surface area contributed by atoms with Crippen molar-refractivity contribution < 1.29 is 13.5 Å². The molecule has 9 heteroatoms. The van der Waals surface area contributed by atoms with E-state index in [-0.39, 0.29) is 23.6 Å². The average molecular weight is 334 g/mol. The highest BCUT2D eigenvalue weighted by Crippen LogP contribution is 2.38. The van der Waals surface area contributed by atoms with Crippen LogP contribution >= 0.6 is 22.9 Å². The van der Waals surface area contributed by atoms with Gasteiger partial charge in [0.15, 0.2) is 5.82 Å². The van der Waals surface area contributed by atoms with Gasteiger partial charge in [-0.05, 0) is 29.9 Å². The molecule has 0 radical (unpaired) electrons. The van der Waals surface area contributed by atoms with Crippen LogP contribution in [0.5, 0.6) is 0 Å². The second kappa shape index (κ2) is 5.10. The lowest BCUT2D eigenvalue weighted by Gasteiger charge is -2.07. The molecule has 1 saturated carbocycles. The molecule has 6 nitrogen and oxygen atoms in total. The molecule has 0 unspecified atom stereocenters. The number of aliphatic hydroxyl groups is 1. The SMILES string of the molecule is O=S(=O)(Cc1csc(Cl)c1)c1nnc(CO)n1C1CC1. The minimum atomic E-state index is -3.60. The van der Waals surface area contributed by atoms with Gasteiger partial charge < -0.3 is 5.11 Å². The lowest BCUT2D eigenvalue weighted by molar-refractivity contribution is 0.263. The largest absolute Gasteiger partial charge is 0.388 e. The van der Waals surface area contributed by atoms with Gasteiger partial charge in [0.25, 0.3) is 0 Å². The van der Waals surface area contributed by atoms with Crippen molar-refractivity contribution in [3.05, 3.63) is 27.2 Å². The van der Waals surface area contributed by atoms with E-state index in [1.807, 2.05) is 0 Å². The highest BCUT2D eigenvalue weighted by molar-refractivity contribution is 7.90. The quantitative estimate of drug-likeness (QED) is 0.901. The normalized spacial score (nSPS) is 15.7. The summed E-state index contributed by atoms with van der Waals surface area (Å²) in [6.45, 7) is -0.316. The Hall–Kier alpha value is -0.960. The Bertz CT molecular complexity index is 734. The topological polar surface area (TPSA) is 85.1 Å². The molecule has 0 aromatic carbocycles. The van der Waals surface area contributed by atoms with Crippen LogP contribution in [0.25, 0.3) is 0 Å². The molecule has 2 aromatic heterocycles. The van der Waals surface area contributed by atoms with Crippen LogP contribution < -0.4 is 0 Å². The summed E-state index contributed by atoms with van der Waals surface area (Å²) in [5, 5.41) is 18.4. The second-order valence-electron chi connectivity index (χ2n) is 4.68. The Morgan fingerprint density at radius 1 is 1.45 bits per heavy atom. The van der Waals surface area contributed by atoms with Gasteiger partial charge in [0, 0.05) is 6.04 Å². The molecule has 0 saturated heterocycles. The lowest BCUT2D eigenvalue weighted by atomic mass is 10.4. The van der Waals surface area contributed by atoms with Crippen molar-refractivity contribution in [2.75, 3.05) is 0 Å². The van der Waals surface area contributed by atoms with Crippen LogP contribution in [0, 0.1) is 0 Å². The first-order valence-electron chi connectivity index (χ1n) is 6.01. The molecule has 0 amide bonds. The van der Waals surface area contributed by atoms with Crippen molar-refractivity contribution in [2.24, 2.45) is 0 Å². The lowest BCUT2D eigenvalue weighted by Crippen LogP contribution is -2.13. The molecule has 2 aromatic rings. The zero-order valence-corrected chi connectivity index (χ0v) is 12.7. The first-order valence-corrected chi connectivity index (χ1v) is 8.92. The van der Waals surface area contributed by atoms with Crippen molar-refractivity contribution >= 4 is 32.8 Å². The van der Waals surface area contributed by atoms with Crippen LogP contribution in [0.4, 0.5) is 0 Å². The Morgan fingerprint density at radius 2 is 2.20 bits per heavy atom. The zero-order valence-electron chi connectivity index (χ0n) is 10.4. The summed E-state index contributed by atoms with van der Waals surface area (Å²) in [6, 6.07) is 1.72. The molecule has 0 aliphatic heterocycles. The highest BCUT2D eigenvalue weighted by Gasteiger charge is 2.34. The third-order valence-corrected chi connectivity index (χ3v) is 5.73. The van der Waals surface area contributed by atoms with Crippen molar-refractivity contribution in [3.63, 3.8) is 0 Å². The van der Waals surface area contributed by atoms with E-state index in [9.17, 15) is 13.5 Å². The van der Waals surface area contributed by atoms with Crippen molar-refractivity contribution in [3.8, 4) is 0 Å². The van der Waals surface area contributed by atoms with Gasteiger partial charge in [-0.25, -0.2) is 8.42 Å². The maximum absolute atomic E-state index is 12.4. The molecule has 20 heavy (non-hydrogen) atoms. The highest BCUT2D eigenvalue weighted by atomic mass is 35.5. The van der Waals surface area contributed by atoms with Gasteiger partial charge >= 0.3 is 0 Å². The van der Waals surface area contributed by atoms with E-state index in [4.69, 9.17) is 11.6 Å². The molecule has 1 aliphatic carbocycles. The first-order chi connectivity index (χ1) is 9.51. The van der Waals surface area contributed by atoms with E-state index >= 15 is 0 Å². The maximum atomic E-state index is 12.4. The van der Waals surface area contributed by atoms with Gasteiger partial charge in [-0.2, -0.15) is 0 Å². The van der Waals surface area contributed by atoms with Crippen LogP contribution in [0.2, 0.25) is 4.34 Å². The van der Waals surface area contributed by atoms with E-state index in [0.717, 1.165) is 12.8 Å². The van der Waals surface area contributed by atoms with Gasteiger partial charge in [0.2, 0.25) is 15.0 Å². The van der Waals surface area contributed by atoms with E-state index in [1.54, 1.807) is 16.0 Å². The van der Waals surface area contributed by atoms with Crippen LogP contribution in [-0.2, 0) is 22.2 Å². The summed E-state index contributed by atoms with van der Waals surface area (Å²) in [5.41, 5.74) is 0.635. The van der Waals surface area contributed by atoms with Crippen molar-refractivity contribution in [1.82, 2.24) is 14.8 Å². The summed E-state index contributed by atoms with van der Waals surface area (Å²) in [4.78, 5) is 0. The third-order valence-electron chi connectivity index (χ3n) is 3.05. The number of sulfone groups is 1. The molecule has 1 fully saturated rings. The molecular weight excluding hydrogens is 322 g/mol. The van der Waals surface area contributed by atoms with Crippen LogP contribution in [0.15, 0.2) is 16.6 Å². The minimum Gasteiger partial charge on any atom is -0.388 e. The Morgan fingerprint density at radius 3 is 2.75 bits per heavy atom. The van der Waals surface area contributed by atoms with Gasteiger partial charge in [-0.15, -0.1) is 21.5 Å². The van der Waals surface area contributed by atoms with Crippen molar-refractivity contribution in [1.29, 1.82) is 0 Å². The number of thiophene rings is 1. The van der Waals surface area contributed by atoms with E-state index in [2.05, 4.69) is 10.2 Å². The zero-order chi connectivity index (χ0) is 14.3. The molecule has 108 valence electrons. The average Bonchev–Trinajstić information content (AvgIpc) is 3.00. The van der Waals surface area contributed by atoms with E-state index in [1.165, 1.54) is 11.3 Å². The monoisotopic (exact) mass is 333 g/mol. The van der Waals surface area contributed by atoms with Gasteiger partial charge in [0.05, 0.1) is 10.1 Å². The molecule has 1 aliphatic rings. The molecule has 3 rings (SSSR count). The Labute approximate surface area is 124 Å². The van der Waals surface area contributed by atoms with Crippen LogP contribution in [0.3, 0.4) is 0 Å². The first kappa shape index (κ1) is 14.0. The number of aliphatic hydroxyl groups excluding tert-OH is 1. The fourth-order valence-corrected chi connectivity index (χ4v) is 4.50. The molecule has 0 bridgehead atoms. The van der Waals surface area contributed by atoms with Gasteiger partial charge in [-0.3, -0.25) is 4.57 Å². The number of hydrogen-bond donors (Lipinski definition) is 1. The molecule has 2 heterocycles. The predicted molar refractivity (Wildman–Crippen MR) is 74.4 cm³/mol. The van der Waals surface area contributed by atoms with Gasteiger partial charge in [0.1, 0.15) is 6.61 Å².